The Bertz CT molecular complexity index is 396. The molecule has 2 heteroatoms. The fourth-order valence-electron chi connectivity index (χ4n) is 2.14. The van der Waals surface area contributed by atoms with E-state index in [0.717, 1.165) is 5.92 Å². The summed E-state index contributed by atoms with van der Waals surface area (Å²) in [6.07, 6.45) is 6.74. The molecule has 2 aromatic heterocycles. The Morgan fingerprint density at radius 2 is 2.12 bits per heavy atom. The van der Waals surface area contributed by atoms with E-state index >= 15 is 0 Å². The predicted octanol–water partition coefficient (Wildman–Crippen LogP) is 5.72. The average Bonchev–Trinajstić information content (AvgIpc) is 2.84. The van der Waals surface area contributed by atoms with Crippen molar-refractivity contribution in [2.75, 3.05) is 0 Å². The van der Waals surface area contributed by atoms with Gasteiger partial charge in [0.1, 0.15) is 0 Å². The topological polar surface area (TPSA) is 0 Å². The van der Waals surface area contributed by atoms with Crippen LogP contribution in [0, 0.1) is 5.92 Å². The number of rotatable bonds is 6. The van der Waals surface area contributed by atoms with Gasteiger partial charge in [0.25, 0.3) is 0 Å². The van der Waals surface area contributed by atoms with Gasteiger partial charge in [-0.1, -0.05) is 39.5 Å². The zero-order chi connectivity index (χ0) is 11.4. The predicted molar refractivity (Wildman–Crippen MR) is 76.7 cm³/mol. The van der Waals surface area contributed by atoms with E-state index in [0.29, 0.717) is 0 Å². The lowest BCUT2D eigenvalue weighted by Gasteiger charge is -2.12. The van der Waals surface area contributed by atoms with Crippen molar-refractivity contribution in [1.29, 1.82) is 0 Å². The maximum Gasteiger partial charge on any atom is 0.0453 e. The van der Waals surface area contributed by atoms with Crippen LogP contribution in [0.1, 0.15) is 44.4 Å². The van der Waals surface area contributed by atoms with E-state index in [1.54, 1.807) is 4.88 Å². The summed E-state index contributed by atoms with van der Waals surface area (Å²) in [5.74, 6) is 0.896. The number of fused-ring (bicyclic) bond motifs is 1. The summed E-state index contributed by atoms with van der Waals surface area (Å²) < 4.78 is 2.95. The second kappa shape index (κ2) is 5.83. The Kier molecular flexibility index (Phi) is 4.42. The quantitative estimate of drug-likeness (QED) is 0.616. The van der Waals surface area contributed by atoms with E-state index < -0.39 is 0 Å². The molecule has 2 rings (SSSR count). The second-order valence-corrected chi connectivity index (χ2v) is 6.60. The van der Waals surface area contributed by atoms with E-state index in [1.165, 1.54) is 41.5 Å². The van der Waals surface area contributed by atoms with Crippen LogP contribution in [0.4, 0.5) is 0 Å². The molecular weight excluding hydrogens is 232 g/mol. The largest absolute Gasteiger partial charge is 0.143 e. The Morgan fingerprint density at radius 1 is 1.25 bits per heavy atom. The van der Waals surface area contributed by atoms with Gasteiger partial charge in [-0.3, -0.25) is 0 Å². The molecule has 2 heterocycles. The first kappa shape index (κ1) is 12.1. The fraction of sp³-hybridized carbons (Fsp3) is 0.571. The molecule has 0 aliphatic heterocycles. The van der Waals surface area contributed by atoms with Crippen LogP contribution in [0.15, 0.2) is 17.5 Å². The monoisotopic (exact) mass is 252 g/mol. The molecule has 0 saturated carbocycles. The van der Waals surface area contributed by atoms with Gasteiger partial charge in [0.15, 0.2) is 0 Å². The molecule has 16 heavy (non-hydrogen) atoms. The molecule has 0 saturated heterocycles. The van der Waals surface area contributed by atoms with Crippen molar-refractivity contribution in [2.45, 2.75) is 46.0 Å². The van der Waals surface area contributed by atoms with Gasteiger partial charge >= 0.3 is 0 Å². The molecule has 0 amide bonds. The van der Waals surface area contributed by atoms with E-state index in [2.05, 4.69) is 31.4 Å². The van der Waals surface area contributed by atoms with Crippen LogP contribution in [0.3, 0.4) is 0 Å². The Morgan fingerprint density at radius 3 is 2.81 bits per heavy atom. The van der Waals surface area contributed by atoms with Crippen LogP contribution >= 0.6 is 22.7 Å². The summed E-state index contributed by atoms with van der Waals surface area (Å²) in [6.45, 7) is 4.62. The SMILES string of the molecule is CCCCC(CC)Cc1cc2sccc2s1. The molecule has 88 valence electrons. The maximum atomic E-state index is 2.40. The van der Waals surface area contributed by atoms with E-state index in [1.807, 2.05) is 22.7 Å². The van der Waals surface area contributed by atoms with Gasteiger partial charge in [-0.25, -0.2) is 0 Å². The molecule has 1 atom stereocenters. The summed E-state index contributed by atoms with van der Waals surface area (Å²) in [5, 5.41) is 2.19. The minimum absolute atomic E-state index is 0.896. The highest BCUT2D eigenvalue weighted by molar-refractivity contribution is 7.26. The van der Waals surface area contributed by atoms with Crippen LogP contribution < -0.4 is 0 Å². The van der Waals surface area contributed by atoms with Crippen molar-refractivity contribution in [3.8, 4) is 0 Å². The number of thiophene rings is 2. The molecule has 0 aliphatic rings. The van der Waals surface area contributed by atoms with Crippen molar-refractivity contribution in [3.05, 3.63) is 22.4 Å². The Hall–Kier alpha value is -0.340. The van der Waals surface area contributed by atoms with Crippen LogP contribution in [-0.4, -0.2) is 0 Å². The zero-order valence-corrected chi connectivity index (χ0v) is 11.8. The summed E-state index contributed by atoms with van der Waals surface area (Å²) in [4.78, 5) is 1.59. The van der Waals surface area contributed by atoms with E-state index in [9.17, 15) is 0 Å². The Balaban J connectivity index is 1.99. The molecule has 2 aromatic rings. The number of unbranched alkanes of at least 4 members (excludes halogenated alkanes) is 1. The van der Waals surface area contributed by atoms with Crippen molar-refractivity contribution >= 4 is 32.1 Å². The first-order chi connectivity index (χ1) is 7.83. The lowest BCUT2D eigenvalue weighted by Crippen LogP contribution is -2.01. The maximum absolute atomic E-state index is 2.40. The van der Waals surface area contributed by atoms with Crippen LogP contribution in [0.2, 0.25) is 0 Å². The van der Waals surface area contributed by atoms with E-state index in [4.69, 9.17) is 0 Å². The summed E-state index contributed by atoms with van der Waals surface area (Å²) in [7, 11) is 0. The minimum atomic E-state index is 0.896. The van der Waals surface area contributed by atoms with Gasteiger partial charge in [-0.05, 0) is 29.9 Å². The van der Waals surface area contributed by atoms with Crippen molar-refractivity contribution in [3.63, 3.8) is 0 Å². The lowest BCUT2D eigenvalue weighted by atomic mass is 9.95. The molecule has 0 fully saturated rings. The van der Waals surface area contributed by atoms with Gasteiger partial charge in [0.05, 0.1) is 0 Å². The summed E-state index contributed by atoms with van der Waals surface area (Å²) in [6, 6.07) is 4.65. The van der Waals surface area contributed by atoms with Crippen LogP contribution in [0.25, 0.3) is 9.40 Å². The van der Waals surface area contributed by atoms with Crippen molar-refractivity contribution in [2.24, 2.45) is 5.92 Å². The third-order valence-electron chi connectivity index (χ3n) is 3.22. The normalized spacial score (nSPS) is 13.4. The van der Waals surface area contributed by atoms with Gasteiger partial charge in [0, 0.05) is 14.3 Å². The molecule has 0 spiro atoms. The zero-order valence-electron chi connectivity index (χ0n) is 10.2. The standard InChI is InChI=1S/C14H20S2/c1-3-5-6-11(4-2)9-12-10-14-13(16-12)7-8-15-14/h7-8,10-11H,3-6,9H2,1-2H3. The lowest BCUT2D eigenvalue weighted by molar-refractivity contribution is 0.452. The molecule has 0 radical (unpaired) electrons. The van der Waals surface area contributed by atoms with Crippen LogP contribution in [0.5, 0.6) is 0 Å². The first-order valence-corrected chi connectivity index (χ1v) is 7.99. The average molecular weight is 252 g/mol. The van der Waals surface area contributed by atoms with Gasteiger partial charge in [-0.15, -0.1) is 22.7 Å². The molecule has 0 aliphatic carbocycles. The molecule has 0 aromatic carbocycles. The van der Waals surface area contributed by atoms with Crippen molar-refractivity contribution < 1.29 is 0 Å². The highest BCUT2D eigenvalue weighted by Crippen LogP contribution is 2.32. The molecule has 0 bridgehead atoms. The first-order valence-electron chi connectivity index (χ1n) is 6.29. The summed E-state index contributed by atoms with van der Waals surface area (Å²) >= 11 is 3.86. The minimum Gasteiger partial charge on any atom is -0.143 e. The fourth-order valence-corrected chi connectivity index (χ4v) is 4.39. The molecular formula is C14H20S2. The van der Waals surface area contributed by atoms with E-state index in [-0.39, 0.29) is 0 Å². The highest BCUT2D eigenvalue weighted by atomic mass is 32.1. The summed E-state index contributed by atoms with van der Waals surface area (Å²) in [5.41, 5.74) is 0. The van der Waals surface area contributed by atoms with Crippen molar-refractivity contribution in [1.82, 2.24) is 0 Å². The molecule has 0 N–H and O–H groups in total. The third-order valence-corrected chi connectivity index (χ3v) is 5.34. The van der Waals surface area contributed by atoms with Gasteiger partial charge < -0.3 is 0 Å². The number of hydrogen-bond acceptors (Lipinski definition) is 2. The van der Waals surface area contributed by atoms with Gasteiger partial charge in [0.2, 0.25) is 0 Å². The smallest absolute Gasteiger partial charge is 0.0453 e. The molecule has 1 unspecified atom stereocenters. The Labute approximate surface area is 106 Å². The van der Waals surface area contributed by atoms with Gasteiger partial charge in [-0.2, -0.15) is 0 Å². The third kappa shape index (κ3) is 2.86. The second-order valence-electron chi connectivity index (χ2n) is 4.48. The highest BCUT2D eigenvalue weighted by Gasteiger charge is 2.10. The van der Waals surface area contributed by atoms with Crippen LogP contribution in [-0.2, 0) is 6.42 Å². The number of hydrogen-bond donors (Lipinski definition) is 0. The molecule has 0 nitrogen and oxygen atoms in total.